The lowest BCUT2D eigenvalue weighted by molar-refractivity contribution is -0.114. The quantitative estimate of drug-likeness (QED) is 0.554. The number of nitrogens with one attached hydrogen (secondary N) is 3. The smallest absolute Gasteiger partial charge is 0.221 e. The van der Waals surface area contributed by atoms with Gasteiger partial charge in [-0.2, -0.15) is 0 Å². The van der Waals surface area contributed by atoms with Crippen molar-refractivity contribution in [2.45, 2.75) is 52.5 Å². The van der Waals surface area contributed by atoms with Crippen LogP contribution in [0.5, 0.6) is 0 Å². The Morgan fingerprint density at radius 3 is 2.62 bits per heavy atom. The number of rotatable bonds is 6. The summed E-state index contributed by atoms with van der Waals surface area (Å²) < 4.78 is 0. The minimum Gasteiger partial charge on any atom is -0.356 e. The van der Waals surface area contributed by atoms with Crippen LogP contribution < -0.4 is 16.0 Å². The molecule has 1 aliphatic carbocycles. The van der Waals surface area contributed by atoms with E-state index in [2.05, 4.69) is 27.9 Å². The maximum Gasteiger partial charge on any atom is 0.221 e. The largest absolute Gasteiger partial charge is 0.356 e. The molecule has 1 saturated carbocycles. The third kappa shape index (κ3) is 5.25. The van der Waals surface area contributed by atoms with Gasteiger partial charge in [-0.1, -0.05) is 31.9 Å². The number of aliphatic imine (C=N–C) groups is 1. The second kappa shape index (κ2) is 8.71. The summed E-state index contributed by atoms with van der Waals surface area (Å²) in [6.45, 7) is 5.46. The lowest BCUT2D eigenvalue weighted by Crippen LogP contribution is -2.42. The molecule has 1 aromatic rings. The molecule has 0 aliphatic heterocycles. The molecule has 1 aliphatic rings. The molecular formula is C19H30N4O. The SMILES string of the molecule is CCC1(CNC(=NC)NCc2cccc(NC(C)=O)c2)CCCC1. The van der Waals surface area contributed by atoms with Crippen LogP contribution in [-0.2, 0) is 11.3 Å². The van der Waals surface area contributed by atoms with Crippen molar-refractivity contribution >= 4 is 17.6 Å². The summed E-state index contributed by atoms with van der Waals surface area (Å²) in [6.07, 6.45) is 6.53. The third-order valence-corrected chi connectivity index (χ3v) is 4.98. The van der Waals surface area contributed by atoms with Crippen LogP contribution in [0.25, 0.3) is 0 Å². The number of carbonyl (C=O) groups is 1. The molecule has 0 bridgehead atoms. The van der Waals surface area contributed by atoms with E-state index in [0.29, 0.717) is 12.0 Å². The van der Waals surface area contributed by atoms with Gasteiger partial charge in [0.1, 0.15) is 0 Å². The fourth-order valence-electron chi connectivity index (χ4n) is 3.42. The number of benzene rings is 1. The second-order valence-corrected chi connectivity index (χ2v) is 6.72. The summed E-state index contributed by atoms with van der Waals surface area (Å²) in [4.78, 5) is 15.5. The van der Waals surface area contributed by atoms with E-state index < -0.39 is 0 Å². The highest BCUT2D eigenvalue weighted by atomic mass is 16.1. The zero-order valence-corrected chi connectivity index (χ0v) is 15.1. The van der Waals surface area contributed by atoms with Crippen molar-refractivity contribution in [3.8, 4) is 0 Å². The summed E-state index contributed by atoms with van der Waals surface area (Å²) >= 11 is 0. The zero-order valence-electron chi connectivity index (χ0n) is 15.1. The number of hydrogen-bond acceptors (Lipinski definition) is 2. The van der Waals surface area contributed by atoms with E-state index >= 15 is 0 Å². The van der Waals surface area contributed by atoms with Crippen molar-refractivity contribution in [1.82, 2.24) is 10.6 Å². The number of hydrogen-bond donors (Lipinski definition) is 3. The standard InChI is InChI=1S/C19H30N4O/c1-4-19(10-5-6-11-19)14-22-18(20-3)21-13-16-8-7-9-17(12-16)23-15(2)24/h7-9,12H,4-6,10-11,13-14H2,1-3H3,(H,23,24)(H2,20,21,22). The minimum atomic E-state index is -0.0565. The molecule has 0 radical (unpaired) electrons. The van der Waals surface area contributed by atoms with Crippen LogP contribution in [0, 0.1) is 5.41 Å². The molecule has 0 spiro atoms. The number of amides is 1. The van der Waals surface area contributed by atoms with Crippen molar-refractivity contribution in [2.24, 2.45) is 10.4 Å². The minimum absolute atomic E-state index is 0.0565. The van der Waals surface area contributed by atoms with Crippen molar-refractivity contribution in [3.05, 3.63) is 29.8 Å². The molecule has 24 heavy (non-hydrogen) atoms. The topological polar surface area (TPSA) is 65.5 Å². The van der Waals surface area contributed by atoms with Crippen LogP contribution in [0.4, 0.5) is 5.69 Å². The monoisotopic (exact) mass is 330 g/mol. The molecule has 0 unspecified atom stereocenters. The van der Waals surface area contributed by atoms with E-state index in [1.54, 1.807) is 7.05 Å². The zero-order chi connectivity index (χ0) is 17.4. The molecule has 0 aromatic heterocycles. The van der Waals surface area contributed by atoms with Gasteiger partial charge in [-0.05, 0) is 42.4 Å². The van der Waals surface area contributed by atoms with Gasteiger partial charge in [0.25, 0.3) is 0 Å². The maximum absolute atomic E-state index is 11.2. The Labute approximate surface area is 145 Å². The van der Waals surface area contributed by atoms with Gasteiger partial charge in [-0.25, -0.2) is 0 Å². The third-order valence-electron chi connectivity index (χ3n) is 4.98. The van der Waals surface area contributed by atoms with Crippen LogP contribution >= 0.6 is 0 Å². The Bertz CT molecular complexity index is 576. The molecule has 0 saturated heterocycles. The number of anilines is 1. The highest BCUT2D eigenvalue weighted by molar-refractivity contribution is 5.88. The maximum atomic E-state index is 11.2. The van der Waals surface area contributed by atoms with Gasteiger partial charge in [0, 0.05) is 32.7 Å². The Morgan fingerprint density at radius 1 is 1.25 bits per heavy atom. The molecule has 132 valence electrons. The predicted molar refractivity (Wildman–Crippen MR) is 100 cm³/mol. The van der Waals surface area contributed by atoms with Gasteiger partial charge in [-0.15, -0.1) is 0 Å². The summed E-state index contributed by atoms with van der Waals surface area (Å²) in [6, 6.07) is 7.86. The van der Waals surface area contributed by atoms with Crippen LogP contribution in [0.15, 0.2) is 29.3 Å². The van der Waals surface area contributed by atoms with Gasteiger partial charge in [0.2, 0.25) is 5.91 Å². The van der Waals surface area contributed by atoms with E-state index in [1.165, 1.54) is 39.0 Å². The molecule has 3 N–H and O–H groups in total. The molecule has 1 amide bonds. The van der Waals surface area contributed by atoms with Crippen molar-refractivity contribution in [2.75, 3.05) is 18.9 Å². The Kier molecular flexibility index (Phi) is 6.64. The lowest BCUT2D eigenvalue weighted by atomic mass is 9.83. The lowest BCUT2D eigenvalue weighted by Gasteiger charge is -2.28. The van der Waals surface area contributed by atoms with Crippen LogP contribution in [-0.4, -0.2) is 25.5 Å². The van der Waals surface area contributed by atoms with E-state index in [1.807, 2.05) is 24.3 Å². The molecule has 2 rings (SSSR count). The number of nitrogens with zero attached hydrogens (tertiary/aromatic N) is 1. The predicted octanol–water partition coefficient (Wildman–Crippen LogP) is 3.28. The molecule has 5 nitrogen and oxygen atoms in total. The van der Waals surface area contributed by atoms with Gasteiger partial charge in [-0.3, -0.25) is 9.79 Å². The van der Waals surface area contributed by atoms with Crippen LogP contribution in [0.3, 0.4) is 0 Å². The van der Waals surface area contributed by atoms with Gasteiger partial charge in [0.05, 0.1) is 0 Å². The van der Waals surface area contributed by atoms with E-state index in [9.17, 15) is 4.79 Å². The van der Waals surface area contributed by atoms with Crippen molar-refractivity contribution < 1.29 is 4.79 Å². The summed E-state index contributed by atoms with van der Waals surface area (Å²) in [5, 5.41) is 9.66. The molecule has 0 heterocycles. The molecule has 5 heteroatoms. The Morgan fingerprint density at radius 2 is 2.00 bits per heavy atom. The summed E-state index contributed by atoms with van der Waals surface area (Å²) in [5.74, 6) is 0.777. The first-order chi connectivity index (χ1) is 11.6. The first kappa shape index (κ1) is 18.3. The summed E-state index contributed by atoms with van der Waals surface area (Å²) in [7, 11) is 1.80. The molecule has 1 aromatic carbocycles. The number of guanidine groups is 1. The fourth-order valence-corrected chi connectivity index (χ4v) is 3.42. The molecule has 1 fully saturated rings. The Balaban J connectivity index is 1.86. The second-order valence-electron chi connectivity index (χ2n) is 6.72. The van der Waals surface area contributed by atoms with E-state index in [4.69, 9.17) is 0 Å². The van der Waals surface area contributed by atoms with Gasteiger partial charge in [0.15, 0.2) is 5.96 Å². The van der Waals surface area contributed by atoms with Crippen molar-refractivity contribution in [1.29, 1.82) is 0 Å². The fraction of sp³-hybridized carbons (Fsp3) is 0.579. The average molecular weight is 330 g/mol. The number of carbonyl (C=O) groups excluding carboxylic acids is 1. The first-order valence-corrected chi connectivity index (χ1v) is 8.88. The van der Waals surface area contributed by atoms with Crippen molar-refractivity contribution in [3.63, 3.8) is 0 Å². The van der Waals surface area contributed by atoms with E-state index in [0.717, 1.165) is 23.8 Å². The molecule has 0 atom stereocenters. The van der Waals surface area contributed by atoms with E-state index in [-0.39, 0.29) is 5.91 Å². The normalized spacial score (nSPS) is 16.7. The Hall–Kier alpha value is -2.04. The van der Waals surface area contributed by atoms with Crippen LogP contribution in [0.2, 0.25) is 0 Å². The van der Waals surface area contributed by atoms with Gasteiger partial charge >= 0.3 is 0 Å². The first-order valence-electron chi connectivity index (χ1n) is 8.88. The average Bonchev–Trinajstić information content (AvgIpc) is 3.04. The molecular weight excluding hydrogens is 300 g/mol. The highest BCUT2D eigenvalue weighted by Gasteiger charge is 2.31. The van der Waals surface area contributed by atoms with Crippen LogP contribution in [0.1, 0.15) is 51.5 Å². The van der Waals surface area contributed by atoms with Gasteiger partial charge < -0.3 is 16.0 Å². The summed E-state index contributed by atoms with van der Waals surface area (Å²) in [5.41, 5.74) is 2.36. The highest BCUT2D eigenvalue weighted by Crippen LogP contribution is 2.40.